The van der Waals surface area contributed by atoms with Gasteiger partial charge in [0.1, 0.15) is 5.52 Å². The zero-order valence-corrected chi connectivity index (χ0v) is 13.4. The Morgan fingerprint density at radius 1 is 1.24 bits per heavy atom. The van der Waals surface area contributed by atoms with Crippen LogP contribution in [0.25, 0.3) is 10.2 Å². The van der Waals surface area contributed by atoms with Crippen LogP contribution in [0.2, 0.25) is 5.02 Å². The number of anilines is 2. The summed E-state index contributed by atoms with van der Waals surface area (Å²) in [6, 6.07) is 12.1. The van der Waals surface area contributed by atoms with Gasteiger partial charge in [0.15, 0.2) is 0 Å². The van der Waals surface area contributed by atoms with Crippen molar-refractivity contribution in [2.24, 2.45) is 0 Å². The lowest BCUT2D eigenvalue weighted by atomic mass is 10.1. The molecule has 0 radical (unpaired) electrons. The van der Waals surface area contributed by atoms with Crippen LogP contribution in [0.4, 0.5) is 11.4 Å². The molecule has 1 unspecified atom stereocenters. The summed E-state index contributed by atoms with van der Waals surface area (Å²) in [6.45, 7) is 2.12. The van der Waals surface area contributed by atoms with Crippen molar-refractivity contribution < 1.29 is 0 Å². The molecule has 0 aliphatic heterocycles. The number of fused-ring (bicyclic) bond motifs is 1. The lowest BCUT2D eigenvalue weighted by Crippen LogP contribution is -2.23. The number of halogens is 1. The highest BCUT2D eigenvalue weighted by molar-refractivity contribution is 7.16. The van der Waals surface area contributed by atoms with Crippen molar-refractivity contribution >= 4 is 44.5 Å². The quantitative estimate of drug-likeness (QED) is 0.710. The average molecular weight is 318 g/mol. The topological polar surface area (TPSA) is 42.2 Å². The number of hydrogen-bond acceptors (Lipinski definition) is 4. The molecule has 0 saturated carbocycles. The Morgan fingerprint density at radius 2 is 2.00 bits per heavy atom. The lowest BCUT2D eigenvalue weighted by molar-refractivity contribution is 0.741. The second-order valence-corrected chi connectivity index (χ2v) is 6.30. The Labute approximate surface area is 133 Å². The summed E-state index contributed by atoms with van der Waals surface area (Å²) in [7, 11) is 2.03. The van der Waals surface area contributed by atoms with E-state index in [1.54, 1.807) is 11.3 Å². The van der Waals surface area contributed by atoms with Crippen molar-refractivity contribution in [2.75, 3.05) is 17.7 Å². The molecule has 3 aromatic rings. The SMILES string of the molecule is CC(c1ccccc1Cl)N(C)c1ccc2scnc2c1N. The van der Waals surface area contributed by atoms with E-state index in [9.17, 15) is 0 Å². The van der Waals surface area contributed by atoms with Crippen molar-refractivity contribution in [2.45, 2.75) is 13.0 Å². The third-order valence-electron chi connectivity index (χ3n) is 3.83. The highest BCUT2D eigenvalue weighted by Crippen LogP contribution is 2.36. The summed E-state index contributed by atoms with van der Waals surface area (Å²) in [5.74, 6) is 0. The molecular formula is C16H16ClN3S. The van der Waals surface area contributed by atoms with E-state index in [1.807, 2.05) is 42.9 Å². The van der Waals surface area contributed by atoms with Crippen LogP contribution >= 0.6 is 22.9 Å². The molecule has 3 rings (SSSR count). The Morgan fingerprint density at radius 3 is 2.76 bits per heavy atom. The maximum absolute atomic E-state index is 6.30. The molecule has 1 heterocycles. The number of hydrogen-bond donors (Lipinski definition) is 1. The van der Waals surface area contributed by atoms with Gasteiger partial charge < -0.3 is 10.6 Å². The molecule has 2 N–H and O–H groups in total. The first-order valence-corrected chi connectivity index (χ1v) is 7.94. The van der Waals surface area contributed by atoms with Gasteiger partial charge >= 0.3 is 0 Å². The second kappa shape index (κ2) is 5.54. The fourth-order valence-corrected chi connectivity index (χ4v) is 3.47. The number of benzene rings is 2. The first-order chi connectivity index (χ1) is 10.1. The maximum Gasteiger partial charge on any atom is 0.106 e. The lowest BCUT2D eigenvalue weighted by Gasteiger charge is -2.29. The molecule has 5 heteroatoms. The highest BCUT2D eigenvalue weighted by Gasteiger charge is 2.18. The first-order valence-electron chi connectivity index (χ1n) is 6.68. The number of aromatic nitrogens is 1. The van der Waals surface area contributed by atoms with Gasteiger partial charge in [-0.05, 0) is 30.7 Å². The minimum Gasteiger partial charge on any atom is -0.395 e. The normalized spacial score (nSPS) is 12.5. The van der Waals surface area contributed by atoms with E-state index < -0.39 is 0 Å². The predicted octanol–water partition coefficient (Wildman–Crippen LogP) is 4.73. The van der Waals surface area contributed by atoms with Crippen molar-refractivity contribution in [1.29, 1.82) is 0 Å². The molecule has 0 saturated heterocycles. The van der Waals surface area contributed by atoms with Gasteiger partial charge in [-0.25, -0.2) is 4.98 Å². The maximum atomic E-state index is 6.30. The molecule has 1 atom stereocenters. The van der Waals surface area contributed by atoms with E-state index in [4.69, 9.17) is 17.3 Å². The summed E-state index contributed by atoms with van der Waals surface area (Å²) < 4.78 is 1.11. The average Bonchev–Trinajstić information content (AvgIpc) is 2.96. The molecule has 0 bridgehead atoms. The Bertz CT molecular complexity index is 784. The molecule has 0 fully saturated rings. The minimum absolute atomic E-state index is 0.122. The summed E-state index contributed by atoms with van der Waals surface area (Å²) in [4.78, 5) is 6.49. The minimum atomic E-state index is 0.122. The Hall–Kier alpha value is -1.78. The van der Waals surface area contributed by atoms with Crippen molar-refractivity contribution in [3.05, 3.63) is 52.5 Å². The summed E-state index contributed by atoms with van der Waals surface area (Å²) in [5.41, 5.74) is 11.8. The van der Waals surface area contributed by atoms with Crippen LogP contribution < -0.4 is 10.6 Å². The molecule has 1 aromatic heterocycles. The van der Waals surface area contributed by atoms with E-state index in [-0.39, 0.29) is 6.04 Å². The summed E-state index contributed by atoms with van der Waals surface area (Å²) >= 11 is 7.90. The number of nitrogens with zero attached hydrogens (tertiary/aromatic N) is 2. The van der Waals surface area contributed by atoms with Crippen LogP contribution in [-0.4, -0.2) is 12.0 Å². The van der Waals surface area contributed by atoms with Crippen LogP contribution in [0.3, 0.4) is 0 Å². The van der Waals surface area contributed by atoms with Gasteiger partial charge in [-0.15, -0.1) is 11.3 Å². The van der Waals surface area contributed by atoms with Crippen LogP contribution in [-0.2, 0) is 0 Å². The Balaban J connectivity index is 2.02. The first kappa shape index (κ1) is 14.2. The van der Waals surface area contributed by atoms with Gasteiger partial charge in [-0.2, -0.15) is 0 Å². The third kappa shape index (κ3) is 2.45. The van der Waals surface area contributed by atoms with E-state index >= 15 is 0 Å². The number of rotatable bonds is 3. The molecule has 108 valence electrons. The van der Waals surface area contributed by atoms with Crippen LogP contribution in [0.1, 0.15) is 18.5 Å². The van der Waals surface area contributed by atoms with Gasteiger partial charge in [0.25, 0.3) is 0 Å². The van der Waals surface area contributed by atoms with Crippen molar-refractivity contribution in [3.8, 4) is 0 Å². The van der Waals surface area contributed by atoms with E-state index in [0.717, 1.165) is 32.2 Å². The number of nitrogens with two attached hydrogens (primary N) is 1. The highest BCUT2D eigenvalue weighted by atomic mass is 35.5. The summed E-state index contributed by atoms with van der Waals surface area (Å²) in [6.07, 6.45) is 0. The third-order valence-corrected chi connectivity index (χ3v) is 4.97. The van der Waals surface area contributed by atoms with Crippen LogP contribution in [0.15, 0.2) is 41.9 Å². The molecule has 2 aromatic carbocycles. The monoisotopic (exact) mass is 317 g/mol. The van der Waals surface area contributed by atoms with Gasteiger partial charge in [0.2, 0.25) is 0 Å². The second-order valence-electron chi connectivity index (χ2n) is 5.01. The van der Waals surface area contributed by atoms with Gasteiger partial charge in [0.05, 0.1) is 27.6 Å². The number of thiazole rings is 1. The van der Waals surface area contributed by atoms with E-state index in [0.29, 0.717) is 0 Å². The van der Waals surface area contributed by atoms with Gasteiger partial charge in [-0.1, -0.05) is 29.8 Å². The van der Waals surface area contributed by atoms with Gasteiger partial charge in [0, 0.05) is 12.1 Å². The van der Waals surface area contributed by atoms with Crippen LogP contribution in [0.5, 0.6) is 0 Å². The zero-order valence-electron chi connectivity index (χ0n) is 11.9. The standard InChI is InChI=1S/C16H16ClN3S/c1-10(11-5-3-4-6-12(11)17)20(2)13-7-8-14-16(15(13)18)19-9-21-14/h3-10H,18H2,1-2H3. The largest absolute Gasteiger partial charge is 0.395 e. The van der Waals surface area contributed by atoms with E-state index in [1.165, 1.54) is 0 Å². The van der Waals surface area contributed by atoms with E-state index in [2.05, 4.69) is 22.9 Å². The molecule has 0 aliphatic carbocycles. The molecule has 0 aliphatic rings. The molecule has 0 spiro atoms. The zero-order chi connectivity index (χ0) is 15.0. The predicted molar refractivity (Wildman–Crippen MR) is 92.3 cm³/mol. The smallest absolute Gasteiger partial charge is 0.106 e. The number of nitrogen functional groups attached to an aromatic ring is 1. The molecule has 21 heavy (non-hydrogen) atoms. The van der Waals surface area contributed by atoms with Crippen molar-refractivity contribution in [3.63, 3.8) is 0 Å². The fourth-order valence-electron chi connectivity index (χ4n) is 2.48. The molecular weight excluding hydrogens is 302 g/mol. The molecule has 0 amide bonds. The summed E-state index contributed by atoms with van der Waals surface area (Å²) in [5, 5.41) is 0.769. The fraction of sp³-hybridized carbons (Fsp3) is 0.188. The van der Waals surface area contributed by atoms with Crippen molar-refractivity contribution in [1.82, 2.24) is 4.98 Å². The Kier molecular flexibility index (Phi) is 3.74. The van der Waals surface area contributed by atoms with Gasteiger partial charge in [-0.3, -0.25) is 0 Å². The van der Waals surface area contributed by atoms with Crippen LogP contribution in [0, 0.1) is 0 Å². The molecule has 3 nitrogen and oxygen atoms in total.